The van der Waals surface area contributed by atoms with E-state index in [0.717, 1.165) is 0 Å². The van der Waals surface area contributed by atoms with E-state index in [2.05, 4.69) is 0 Å². The Morgan fingerprint density at radius 3 is 1.00 bits per heavy atom. The SMILES string of the molecule is O=P(O)(O)O.[Ca+2].[Ca+2].[Ca+2].[H-].[H-].[H-].[H-].[H-].[H-].[H-].[Na+]. The molecule has 0 heterocycles. The molecule has 0 aliphatic heterocycles. The predicted octanol–water partition coefficient (Wildman–Crippen LogP) is -4.28. The Kier molecular flexibility index (Phi) is 49.9. The maximum atomic E-state index is 8.88. The summed E-state index contributed by atoms with van der Waals surface area (Å²) in [5.74, 6) is 0. The molecule has 0 fully saturated rings. The summed E-state index contributed by atoms with van der Waals surface area (Å²) in [5, 5.41) is 0. The third kappa shape index (κ3) is 63.9. The molecule has 0 amide bonds. The van der Waals surface area contributed by atoms with Gasteiger partial charge in [-0.25, -0.2) is 4.57 Å². The maximum Gasteiger partial charge on any atom is 2.00 e. The van der Waals surface area contributed by atoms with Crippen molar-refractivity contribution < 1.29 is 58.8 Å². The second-order valence-electron chi connectivity index (χ2n) is 0.513. The predicted molar refractivity (Wildman–Crippen MR) is 39.3 cm³/mol. The Balaban J connectivity index is -0.00000000145. The zero-order valence-electron chi connectivity index (χ0n) is 12.3. The minimum Gasteiger partial charge on any atom is -1.00 e. The molecule has 9 heavy (non-hydrogen) atoms. The summed E-state index contributed by atoms with van der Waals surface area (Å²) in [4.78, 5) is 21.6. The van der Waals surface area contributed by atoms with Crippen molar-refractivity contribution in [2.45, 2.75) is 0 Å². The topological polar surface area (TPSA) is 77.8 Å². The van der Waals surface area contributed by atoms with Crippen LogP contribution in [-0.4, -0.2) is 128 Å². The molecule has 0 aliphatic carbocycles. The minimum atomic E-state index is -4.64. The van der Waals surface area contributed by atoms with Gasteiger partial charge in [0.25, 0.3) is 0 Å². The molecular weight excluding hydrogens is 238 g/mol. The van der Waals surface area contributed by atoms with E-state index in [1.807, 2.05) is 0 Å². The van der Waals surface area contributed by atoms with Crippen LogP contribution in [0.4, 0.5) is 0 Å². The van der Waals surface area contributed by atoms with Gasteiger partial charge >= 0.3 is 151 Å². The zero-order chi connectivity index (χ0) is 4.50. The molecule has 3 N–H and O–H groups in total. The van der Waals surface area contributed by atoms with E-state index in [4.69, 9.17) is 19.2 Å². The fraction of sp³-hybridized carbons (Fsp3) is 0. The average molecular weight is 248 g/mol. The van der Waals surface area contributed by atoms with Crippen molar-refractivity contribution in [3.05, 3.63) is 0 Å². The van der Waals surface area contributed by atoms with Crippen molar-refractivity contribution in [3.8, 4) is 0 Å². The number of hydrogen-bond donors (Lipinski definition) is 3. The van der Waals surface area contributed by atoms with Gasteiger partial charge in [0, 0.05) is 0 Å². The Morgan fingerprint density at radius 1 is 1.00 bits per heavy atom. The van der Waals surface area contributed by atoms with Crippen molar-refractivity contribution in [1.29, 1.82) is 0 Å². The average Bonchev–Trinajstić information content (AvgIpc) is 0.722. The molecule has 0 aromatic carbocycles. The van der Waals surface area contributed by atoms with E-state index in [9.17, 15) is 0 Å². The van der Waals surface area contributed by atoms with Crippen LogP contribution in [0.15, 0.2) is 0 Å². The standard InChI is InChI=1S/3Ca.Na.H3O4P.7H/c;;;;1-5(2,3)4;;;;;;;/h;;;;(H3,1,2,3,4);;;;;;;/q3*+2;+1;;7*-1. The summed E-state index contributed by atoms with van der Waals surface area (Å²) in [7, 11) is -4.64. The smallest absolute Gasteiger partial charge is 1.00 e. The van der Waals surface area contributed by atoms with Gasteiger partial charge in [0.15, 0.2) is 0 Å². The summed E-state index contributed by atoms with van der Waals surface area (Å²) in [5.41, 5.74) is 0. The first kappa shape index (κ1) is 29.2. The quantitative estimate of drug-likeness (QED) is 0.299. The summed E-state index contributed by atoms with van der Waals surface area (Å²) in [6.45, 7) is 0. The fourth-order valence-corrected chi connectivity index (χ4v) is 0. The minimum absolute atomic E-state index is 0. The Bertz CT molecular complexity index is 77.8. The van der Waals surface area contributed by atoms with Crippen molar-refractivity contribution in [1.82, 2.24) is 0 Å². The van der Waals surface area contributed by atoms with Gasteiger partial charge in [0.2, 0.25) is 0 Å². The van der Waals surface area contributed by atoms with Crippen LogP contribution < -0.4 is 29.6 Å². The van der Waals surface area contributed by atoms with E-state index in [1.165, 1.54) is 0 Å². The van der Waals surface area contributed by atoms with Crippen LogP contribution in [-0.2, 0) is 4.57 Å². The number of phosphoric acid groups is 1. The molecule has 0 bridgehead atoms. The first-order chi connectivity index (χ1) is 2.00. The molecular formula is H10Ca3NaO4P. The van der Waals surface area contributed by atoms with Crippen LogP contribution in [0.2, 0.25) is 0 Å². The second kappa shape index (κ2) is 15.4. The van der Waals surface area contributed by atoms with Gasteiger partial charge in [-0.1, -0.05) is 0 Å². The van der Waals surface area contributed by atoms with E-state index in [0.29, 0.717) is 0 Å². The van der Waals surface area contributed by atoms with E-state index in [-0.39, 0.29) is 153 Å². The Morgan fingerprint density at radius 2 is 1.00 bits per heavy atom. The van der Waals surface area contributed by atoms with Crippen molar-refractivity contribution in [3.63, 3.8) is 0 Å². The van der Waals surface area contributed by atoms with Gasteiger partial charge in [-0.05, 0) is 0 Å². The van der Waals surface area contributed by atoms with E-state index < -0.39 is 7.82 Å². The van der Waals surface area contributed by atoms with Crippen LogP contribution in [0.25, 0.3) is 0 Å². The van der Waals surface area contributed by atoms with Crippen LogP contribution in [0.5, 0.6) is 0 Å². The van der Waals surface area contributed by atoms with Crippen LogP contribution >= 0.6 is 7.82 Å². The van der Waals surface area contributed by atoms with Crippen LogP contribution in [0, 0.1) is 0 Å². The molecule has 0 aromatic heterocycles. The number of hydrogen-bond acceptors (Lipinski definition) is 1. The summed E-state index contributed by atoms with van der Waals surface area (Å²) >= 11 is 0. The molecule has 46 valence electrons. The van der Waals surface area contributed by atoms with Crippen molar-refractivity contribution in [2.75, 3.05) is 0 Å². The Labute approximate surface area is 175 Å². The molecule has 9 heteroatoms. The molecule has 0 radical (unpaired) electrons. The normalized spacial score (nSPS) is 6.56. The molecule has 0 saturated heterocycles. The van der Waals surface area contributed by atoms with E-state index >= 15 is 0 Å². The van der Waals surface area contributed by atoms with Crippen molar-refractivity contribution >= 4 is 121 Å². The molecule has 0 unspecified atom stereocenters. The summed E-state index contributed by atoms with van der Waals surface area (Å²) < 4.78 is 8.88. The third-order valence-corrected chi connectivity index (χ3v) is 0. The largest absolute Gasteiger partial charge is 2.00 e. The molecule has 0 rings (SSSR count). The zero-order valence-corrected chi connectivity index (χ0v) is 14.8. The molecule has 0 spiro atoms. The summed E-state index contributed by atoms with van der Waals surface area (Å²) in [6, 6.07) is 0. The van der Waals surface area contributed by atoms with Gasteiger partial charge in [-0.3, -0.25) is 0 Å². The van der Waals surface area contributed by atoms with Gasteiger partial charge in [-0.15, -0.1) is 0 Å². The molecule has 4 nitrogen and oxygen atoms in total. The van der Waals surface area contributed by atoms with Crippen LogP contribution in [0.1, 0.15) is 9.99 Å². The monoisotopic (exact) mass is 248 g/mol. The molecule has 0 aromatic rings. The fourth-order valence-electron chi connectivity index (χ4n) is 0. The molecule has 0 saturated carbocycles. The van der Waals surface area contributed by atoms with Gasteiger partial charge in [0.1, 0.15) is 0 Å². The van der Waals surface area contributed by atoms with Gasteiger partial charge in [-0.2, -0.15) is 0 Å². The second-order valence-corrected chi connectivity index (χ2v) is 1.54. The third-order valence-electron chi connectivity index (χ3n) is 0. The van der Waals surface area contributed by atoms with E-state index in [1.54, 1.807) is 0 Å². The maximum absolute atomic E-state index is 8.88. The van der Waals surface area contributed by atoms with Crippen LogP contribution in [0.3, 0.4) is 0 Å². The molecule has 0 aliphatic rings. The van der Waals surface area contributed by atoms with Gasteiger partial charge in [0.05, 0.1) is 0 Å². The molecule has 0 atom stereocenters. The number of rotatable bonds is 0. The first-order valence-corrected chi connectivity index (χ1v) is 2.35. The first-order valence-electron chi connectivity index (χ1n) is 0.783. The van der Waals surface area contributed by atoms with Crippen molar-refractivity contribution in [2.24, 2.45) is 0 Å². The summed E-state index contributed by atoms with van der Waals surface area (Å²) in [6.07, 6.45) is 0. The Hall–Kier alpha value is 4.89. The van der Waals surface area contributed by atoms with Gasteiger partial charge < -0.3 is 24.7 Å².